The zero-order valence-electron chi connectivity index (χ0n) is 10.6. The Bertz CT molecular complexity index is 411. The van der Waals surface area contributed by atoms with Gasteiger partial charge < -0.3 is 14.6 Å². The molecular formula is C12H16BrNO4. The molecule has 0 saturated heterocycles. The van der Waals surface area contributed by atoms with E-state index in [0.717, 1.165) is 10.0 Å². The van der Waals surface area contributed by atoms with Gasteiger partial charge in [0.15, 0.2) is 0 Å². The van der Waals surface area contributed by atoms with Crippen LogP contribution in [0.3, 0.4) is 0 Å². The summed E-state index contributed by atoms with van der Waals surface area (Å²) < 4.78 is 11.4. The standard InChI is InChI=1S/C12H16BrNO4/c1-14(7-12(15)16)6-9-10(17-2)4-8(13)5-11(9)18-3/h4-5H,6-7H2,1-3H3,(H,15,16). The van der Waals surface area contributed by atoms with Crippen LogP contribution in [-0.2, 0) is 11.3 Å². The molecule has 1 aromatic rings. The van der Waals surface area contributed by atoms with Crippen LogP contribution in [-0.4, -0.2) is 43.8 Å². The summed E-state index contributed by atoms with van der Waals surface area (Å²) in [6, 6.07) is 3.65. The average Bonchev–Trinajstić information content (AvgIpc) is 2.29. The van der Waals surface area contributed by atoms with Crippen molar-refractivity contribution in [1.82, 2.24) is 4.90 Å². The highest BCUT2D eigenvalue weighted by molar-refractivity contribution is 9.10. The van der Waals surface area contributed by atoms with Gasteiger partial charge in [-0.1, -0.05) is 15.9 Å². The van der Waals surface area contributed by atoms with Gasteiger partial charge in [-0.15, -0.1) is 0 Å². The van der Waals surface area contributed by atoms with E-state index in [1.165, 1.54) is 0 Å². The predicted molar refractivity (Wildman–Crippen MR) is 71.2 cm³/mol. The molecule has 0 aromatic heterocycles. The molecule has 18 heavy (non-hydrogen) atoms. The third-order valence-corrected chi connectivity index (χ3v) is 2.86. The van der Waals surface area contributed by atoms with Crippen molar-refractivity contribution in [2.45, 2.75) is 6.54 Å². The predicted octanol–water partition coefficient (Wildman–Crippen LogP) is 1.98. The Balaban J connectivity index is 3.01. The second-order valence-corrected chi connectivity index (χ2v) is 4.77. The number of likely N-dealkylation sites (N-methyl/N-ethyl adjacent to an activating group) is 1. The summed E-state index contributed by atoms with van der Waals surface area (Å²) in [6.45, 7) is 0.397. The molecule has 100 valence electrons. The number of ether oxygens (including phenoxy) is 2. The Morgan fingerprint density at radius 2 is 1.83 bits per heavy atom. The van der Waals surface area contributed by atoms with Gasteiger partial charge in [-0.3, -0.25) is 9.69 Å². The van der Waals surface area contributed by atoms with Gasteiger partial charge in [0.1, 0.15) is 11.5 Å². The second-order valence-electron chi connectivity index (χ2n) is 3.85. The Morgan fingerprint density at radius 3 is 2.22 bits per heavy atom. The van der Waals surface area contributed by atoms with Crippen molar-refractivity contribution in [2.75, 3.05) is 27.8 Å². The topological polar surface area (TPSA) is 59.0 Å². The summed E-state index contributed by atoms with van der Waals surface area (Å²) in [5.74, 6) is 0.462. The maximum Gasteiger partial charge on any atom is 0.317 e. The Morgan fingerprint density at radius 1 is 1.33 bits per heavy atom. The first-order chi connectivity index (χ1) is 8.47. The van der Waals surface area contributed by atoms with Crippen LogP contribution in [0.15, 0.2) is 16.6 Å². The molecule has 0 unspecified atom stereocenters. The fourth-order valence-corrected chi connectivity index (χ4v) is 2.08. The molecule has 1 aromatic carbocycles. The lowest BCUT2D eigenvalue weighted by Crippen LogP contribution is -2.25. The molecule has 1 N–H and O–H groups in total. The van der Waals surface area contributed by atoms with E-state index in [9.17, 15) is 4.79 Å². The second kappa shape index (κ2) is 6.61. The van der Waals surface area contributed by atoms with Gasteiger partial charge in [-0.25, -0.2) is 0 Å². The molecule has 0 radical (unpaired) electrons. The first kappa shape index (κ1) is 14.8. The van der Waals surface area contributed by atoms with Crippen LogP contribution in [0.4, 0.5) is 0 Å². The molecule has 0 heterocycles. The number of aliphatic carboxylic acids is 1. The molecule has 1 rings (SSSR count). The SMILES string of the molecule is COc1cc(Br)cc(OC)c1CN(C)CC(=O)O. The van der Waals surface area contributed by atoms with Crippen molar-refractivity contribution in [1.29, 1.82) is 0 Å². The van der Waals surface area contributed by atoms with Crippen LogP contribution in [0.1, 0.15) is 5.56 Å². The van der Waals surface area contributed by atoms with Crippen LogP contribution < -0.4 is 9.47 Å². The largest absolute Gasteiger partial charge is 0.496 e. The lowest BCUT2D eigenvalue weighted by atomic mass is 10.1. The minimum atomic E-state index is -0.868. The van der Waals surface area contributed by atoms with Crippen molar-refractivity contribution in [3.05, 3.63) is 22.2 Å². The molecular weight excluding hydrogens is 302 g/mol. The maximum atomic E-state index is 10.7. The molecule has 0 amide bonds. The molecule has 0 aliphatic heterocycles. The number of hydrogen-bond donors (Lipinski definition) is 1. The molecule has 0 spiro atoms. The summed E-state index contributed by atoms with van der Waals surface area (Å²) in [6.07, 6.45) is 0. The van der Waals surface area contributed by atoms with Gasteiger partial charge in [0, 0.05) is 11.0 Å². The van der Waals surface area contributed by atoms with Crippen LogP contribution in [0.5, 0.6) is 11.5 Å². The van der Waals surface area contributed by atoms with Crippen LogP contribution in [0, 0.1) is 0 Å². The van der Waals surface area contributed by atoms with Crippen LogP contribution in [0.2, 0.25) is 0 Å². The van der Waals surface area contributed by atoms with Gasteiger partial charge in [-0.05, 0) is 19.2 Å². The molecule has 0 aliphatic carbocycles. The number of rotatable bonds is 6. The number of halogens is 1. The number of carbonyl (C=O) groups is 1. The van der Waals surface area contributed by atoms with E-state index in [1.807, 2.05) is 12.1 Å². The van der Waals surface area contributed by atoms with Crippen molar-refractivity contribution >= 4 is 21.9 Å². The molecule has 5 nitrogen and oxygen atoms in total. The van der Waals surface area contributed by atoms with E-state index in [-0.39, 0.29) is 6.54 Å². The highest BCUT2D eigenvalue weighted by atomic mass is 79.9. The highest BCUT2D eigenvalue weighted by Crippen LogP contribution is 2.33. The summed E-state index contributed by atoms with van der Waals surface area (Å²) >= 11 is 3.37. The van der Waals surface area contributed by atoms with E-state index < -0.39 is 5.97 Å². The summed E-state index contributed by atoms with van der Waals surface area (Å²) in [5, 5.41) is 8.75. The van der Waals surface area contributed by atoms with Gasteiger partial charge in [-0.2, -0.15) is 0 Å². The van der Waals surface area contributed by atoms with Gasteiger partial charge in [0.25, 0.3) is 0 Å². The Labute approximate surface area is 114 Å². The zero-order valence-corrected chi connectivity index (χ0v) is 12.2. The minimum Gasteiger partial charge on any atom is -0.496 e. The summed E-state index contributed by atoms with van der Waals surface area (Å²) in [5.41, 5.74) is 0.826. The number of methoxy groups -OCH3 is 2. The number of hydrogen-bond acceptors (Lipinski definition) is 4. The van der Waals surface area contributed by atoms with Crippen molar-refractivity contribution in [3.63, 3.8) is 0 Å². The van der Waals surface area contributed by atoms with E-state index in [4.69, 9.17) is 14.6 Å². The van der Waals surface area contributed by atoms with Crippen LogP contribution >= 0.6 is 15.9 Å². The van der Waals surface area contributed by atoms with Gasteiger partial charge in [0.05, 0.1) is 26.3 Å². The maximum absolute atomic E-state index is 10.7. The summed E-state index contributed by atoms with van der Waals surface area (Å²) in [7, 11) is 4.87. The minimum absolute atomic E-state index is 0.0393. The van der Waals surface area contributed by atoms with Crippen molar-refractivity contribution in [2.24, 2.45) is 0 Å². The number of carboxylic acid groups (broad SMARTS) is 1. The van der Waals surface area contributed by atoms with E-state index in [0.29, 0.717) is 18.0 Å². The first-order valence-corrected chi connectivity index (χ1v) is 6.08. The molecule has 0 bridgehead atoms. The monoisotopic (exact) mass is 317 g/mol. The third kappa shape index (κ3) is 3.89. The molecule has 0 atom stereocenters. The lowest BCUT2D eigenvalue weighted by molar-refractivity contribution is -0.138. The zero-order chi connectivity index (χ0) is 13.7. The quantitative estimate of drug-likeness (QED) is 0.869. The average molecular weight is 318 g/mol. The van der Waals surface area contributed by atoms with E-state index in [1.54, 1.807) is 26.2 Å². The normalized spacial score (nSPS) is 10.5. The van der Waals surface area contributed by atoms with Crippen molar-refractivity contribution in [3.8, 4) is 11.5 Å². The fraction of sp³-hybridized carbons (Fsp3) is 0.417. The molecule has 6 heteroatoms. The number of carboxylic acids is 1. The van der Waals surface area contributed by atoms with E-state index >= 15 is 0 Å². The third-order valence-electron chi connectivity index (χ3n) is 2.41. The Kier molecular flexibility index (Phi) is 5.43. The smallest absolute Gasteiger partial charge is 0.317 e. The van der Waals surface area contributed by atoms with Gasteiger partial charge >= 0.3 is 5.97 Å². The van der Waals surface area contributed by atoms with Gasteiger partial charge in [0.2, 0.25) is 0 Å². The molecule has 0 aliphatic rings. The Hall–Kier alpha value is -1.27. The number of nitrogens with zero attached hydrogens (tertiary/aromatic N) is 1. The first-order valence-electron chi connectivity index (χ1n) is 5.28. The highest BCUT2D eigenvalue weighted by Gasteiger charge is 2.15. The fourth-order valence-electron chi connectivity index (χ4n) is 1.66. The molecule has 0 fully saturated rings. The molecule has 0 saturated carbocycles. The van der Waals surface area contributed by atoms with Crippen LogP contribution in [0.25, 0.3) is 0 Å². The van der Waals surface area contributed by atoms with Crippen molar-refractivity contribution < 1.29 is 19.4 Å². The van der Waals surface area contributed by atoms with E-state index in [2.05, 4.69) is 15.9 Å². The number of benzene rings is 1. The lowest BCUT2D eigenvalue weighted by Gasteiger charge is -2.19. The summed E-state index contributed by atoms with van der Waals surface area (Å²) in [4.78, 5) is 12.3.